The summed E-state index contributed by atoms with van der Waals surface area (Å²) < 4.78 is 0. The van der Waals surface area contributed by atoms with Crippen LogP contribution < -0.4 is 0 Å². The van der Waals surface area contributed by atoms with Gasteiger partial charge in [0.25, 0.3) is 0 Å². The molecule has 0 spiro atoms. The number of fused-ring (bicyclic) bond motifs is 1. The minimum atomic E-state index is -1.19. The number of aromatic hydroxyl groups is 1. The topological polar surface area (TPSA) is 94.8 Å². The number of hydrogen-bond acceptors (Lipinski definition) is 3. The average molecular weight is 334 g/mol. The fraction of sp³-hybridized carbons (Fsp3) is 0. The molecule has 0 fully saturated rings. The van der Waals surface area contributed by atoms with Crippen molar-refractivity contribution in [1.29, 1.82) is 0 Å². The lowest BCUT2D eigenvalue weighted by atomic mass is 10.0. The van der Waals surface area contributed by atoms with E-state index in [-0.39, 0.29) is 16.9 Å². The predicted molar refractivity (Wildman–Crippen MR) is 94.9 cm³/mol. The third kappa shape index (κ3) is 3.50. The first-order valence-electron chi connectivity index (χ1n) is 7.45. The van der Waals surface area contributed by atoms with Crippen molar-refractivity contribution in [3.63, 3.8) is 0 Å². The summed E-state index contributed by atoms with van der Waals surface area (Å²) in [6, 6.07) is 14.8. The SMILES string of the molecule is O=C(O)c1cccc(/C=C/c2ccc3cc(O)c(C(=O)O)cc3c2)c1. The van der Waals surface area contributed by atoms with Crippen LogP contribution in [0.3, 0.4) is 0 Å². The Morgan fingerprint density at radius 2 is 1.48 bits per heavy atom. The molecule has 0 radical (unpaired) electrons. The Morgan fingerprint density at radius 3 is 2.16 bits per heavy atom. The molecule has 3 aromatic rings. The molecule has 0 saturated heterocycles. The van der Waals surface area contributed by atoms with Crippen molar-refractivity contribution in [2.45, 2.75) is 0 Å². The summed E-state index contributed by atoms with van der Waals surface area (Å²) in [5, 5.41) is 29.3. The summed E-state index contributed by atoms with van der Waals surface area (Å²) in [6.07, 6.45) is 3.60. The molecule has 0 heterocycles. The van der Waals surface area contributed by atoms with Gasteiger partial charge in [-0.2, -0.15) is 0 Å². The molecule has 0 unspecified atom stereocenters. The van der Waals surface area contributed by atoms with Crippen molar-refractivity contribution in [2.24, 2.45) is 0 Å². The van der Waals surface area contributed by atoms with Crippen LogP contribution in [0.5, 0.6) is 5.75 Å². The molecule has 0 aliphatic heterocycles. The highest BCUT2D eigenvalue weighted by atomic mass is 16.4. The standard InChI is InChI=1S/C20H14O5/c21-18-11-14-7-6-13(9-16(14)10-17(18)20(24)25)5-4-12-2-1-3-15(8-12)19(22)23/h1-11,21H,(H,22,23)(H,24,25)/b5-4+. The third-order valence-electron chi connectivity index (χ3n) is 3.81. The van der Waals surface area contributed by atoms with E-state index in [1.54, 1.807) is 36.4 Å². The molecular weight excluding hydrogens is 320 g/mol. The molecule has 3 N–H and O–H groups in total. The molecule has 5 heteroatoms. The molecule has 0 bridgehead atoms. The molecule has 25 heavy (non-hydrogen) atoms. The Labute approximate surface area is 143 Å². The molecule has 3 rings (SSSR count). The highest BCUT2D eigenvalue weighted by Crippen LogP contribution is 2.26. The van der Waals surface area contributed by atoms with Gasteiger partial charge in [-0.25, -0.2) is 9.59 Å². The maximum atomic E-state index is 11.1. The Morgan fingerprint density at radius 1 is 0.760 bits per heavy atom. The smallest absolute Gasteiger partial charge is 0.339 e. The number of benzene rings is 3. The number of carboxylic acid groups (broad SMARTS) is 2. The van der Waals surface area contributed by atoms with Gasteiger partial charge in [-0.05, 0) is 52.2 Å². The zero-order chi connectivity index (χ0) is 18.0. The number of carboxylic acids is 2. The predicted octanol–water partition coefficient (Wildman–Crippen LogP) is 4.11. The van der Waals surface area contributed by atoms with E-state index in [4.69, 9.17) is 10.2 Å². The van der Waals surface area contributed by atoms with E-state index in [0.29, 0.717) is 5.39 Å². The second kappa shape index (κ2) is 6.49. The number of aromatic carboxylic acids is 2. The van der Waals surface area contributed by atoms with Crippen LogP contribution in [0.4, 0.5) is 0 Å². The van der Waals surface area contributed by atoms with E-state index in [1.165, 1.54) is 18.2 Å². The molecule has 0 aliphatic carbocycles. The molecule has 124 valence electrons. The number of hydrogen-bond donors (Lipinski definition) is 3. The third-order valence-corrected chi connectivity index (χ3v) is 3.81. The van der Waals surface area contributed by atoms with Gasteiger partial charge in [0, 0.05) is 0 Å². The normalized spacial score (nSPS) is 11.0. The number of rotatable bonds is 4. The largest absolute Gasteiger partial charge is 0.507 e. The Hall–Kier alpha value is -3.60. The van der Waals surface area contributed by atoms with Crippen molar-refractivity contribution >= 4 is 34.9 Å². The summed E-state index contributed by atoms with van der Waals surface area (Å²) in [5.41, 5.74) is 1.64. The van der Waals surface area contributed by atoms with Gasteiger partial charge in [0.2, 0.25) is 0 Å². The summed E-state index contributed by atoms with van der Waals surface area (Å²) >= 11 is 0. The van der Waals surface area contributed by atoms with Gasteiger partial charge < -0.3 is 15.3 Å². The lowest BCUT2D eigenvalue weighted by Crippen LogP contribution is -1.96. The van der Waals surface area contributed by atoms with Crippen LogP contribution in [-0.4, -0.2) is 27.3 Å². The van der Waals surface area contributed by atoms with Gasteiger partial charge >= 0.3 is 11.9 Å². The van der Waals surface area contributed by atoms with Crippen LogP contribution >= 0.6 is 0 Å². The van der Waals surface area contributed by atoms with Crippen LogP contribution in [0, 0.1) is 0 Å². The molecule has 5 nitrogen and oxygen atoms in total. The van der Waals surface area contributed by atoms with Gasteiger partial charge in [0.15, 0.2) is 0 Å². The lowest BCUT2D eigenvalue weighted by Gasteiger charge is -2.04. The Bertz CT molecular complexity index is 1020. The summed E-state index contributed by atoms with van der Waals surface area (Å²) in [6.45, 7) is 0. The Kier molecular flexibility index (Phi) is 4.22. The van der Waals surface area contributed by atoms with Crippen molar-refractivity contribution in [3.8, 4) is 5.75 Å². The van der Waals surface area contributed by atoms with Crippen molar-refractivity contribution in [2.75, 3.05) is 0 Å². The monoisotopic (exact) mass is 334 g/mol. The minimum absolute atomic E-state index is 0.150. The number of carbonyl (C=O) groups is 2. The van der Waals surface area contributed by atoms with E-state index < -0.39 is 11.9 Å². The van der Waals surface area contributed by atoms with Crippen molar-refractivity contribution in [3.05, 3.63) is 76.9 Å². The van der Waals surface area contributed by atoms with Gasteiger partial charge in [0.05, 0.1) is 5.56 Å². The molecule has 0 amide bonds. The molecule has 0 aliphatic rings. The van der Waals surface area contributed by atoms with E-state index in [0.717, 1.165) is 16.5 Å². The first kappa shape index (κ1) is 16.3. The molecule has 0 aromatic heterocycles. The van der Waals surface area contributed by atoms with E-state index in [2.05, 4.69) is 0 Å². The maximum absolute atomic E-state index is 11.1. The van der Waals surface area contributed by atoms with Crippen LogP contribution in [-0.2, 0) is 0 Å². The van der Waals surface area contributed by atoms with Crippen LogP contribution in [0.2, 0.25) is 0 Å². The Balaban J connectivity index is 1.96. The van der Waals surface area contributed by atoms with Crippen LogP contribution in [0.1, 0.15) is 31.8 Å². The van der Waals surface area contributed by atoms with Crippen molar-refractivity contribution < 1.29 is 24.9 Å². The van der Waals surface area contributed by atoms with Gasteiger partial charge in [-0.15, -0.1) is 0 Å². The minimum Gasteiger partial charge on any atom is -0.507 e. The van der Waals surface area contributed by atoms with E-state index in [9.17, 15) is 14.7 Å². The highest BCUT2D eigenvalue weighted by molar-refractivity contribution is 5.98. The zero-order valence-electron chi connectivity index (χ0n) is 13.0. The van der Waals surface area contributed by atoms with Gasteiger partial charge in [-0.3, -0.25) is 0 Å². The number of phenols is 1. The van der Waals surface area contributed by atoms with Crippen LogP contribution in [0.25, 0.3) is 22.9 Å². The van der Waals surface area contributed by atoms with Crippen LogP contribution in [0.15, 0.2) is 54.6 Å². The zero-order valence-corrected chi connectivity index (χ0v) is 13.0. The van der Waals surface area contributed by atoms with E-state index in [1.807, 2.05) is 12.1 Å². The summed E-state index contributed by atoms with van der Waals surface area (Å²) in [4.78, 5) is 22.1. The first-order chi connectivity index (χ1) is 11.9. The maximum Gasteiger partial charge on any atom is 0.339 e. The second-order valence-corrected chi connectivity index (χ2v) is 5.55. The average Bonchev–Trinajstić information content (AvgIpc) is 2.59. The molecule has 3 aromatic carbocycles. The molecule has 0 saturated carbocycles. The highest BCUT2D eigenvalue weighted by Gasteiger charge is 2.10. The summed E-state index contributed by atoms with van der Waals surface area (Å²) in [7, 11) is 0. The fourth-order valence-electron chi connectivity index (χ4n) is 2.55. The molecule has 0 atom stereocenters. The van der Waals surface area contributed by atoms with Crippen molar-refractivity contribution in [1.82, 2.24) is 0 Å². The first-order valence-corrected chi connectivity index (χ1v) is 7.45. The molecular formula is C20H14O5. The van der Waals surface area contributed by atoms with E-state index >= 15 is 0 Å². The quantitative estimate of drug-likeness (QED) is 0.624. The fourth-order valence-corrected chi connectivity index (χ4v) is 2.55. The van der Waals surface area contributed by atoms with Gasteiger partial charge in [0.1, 0.15) is 11.3 Å². The second-order valence-electron chi connectivity index (χ2n) is 5.55. The lowest BCUT2D eigenvalue weighted by molar-refractivity contribution is 0.0684. The van der Waals surface area contributed by atoms with Gasteiger partial charge in [-0.1, -0.05) is 36.4 Å². The summed E-state index contributed by atoms with van der Waals surface area (Å²) in [5.74, 6) is -2.44.